The number of benzene rings is 1. The van der Waals surface area contributed by atoms with Crippen LogP contribution in [0.2, 0.25) is 0 Å². The van der Waals surface area contributed by atoms with Crippen LogP contribution in [0.15, 0.2) is 59.0 Å². The molecule has 0 spiro atoms. The second-order valence-electron chi connectivity index (χ2n) is 7.08. The van der Waals surface area contributed by atoms with Gasteiger partial charge in [0.2, 0.25) is 10.0 Å². The SMILES string of the molecule is CC(C)S(=O)(=O)NC1=C2CC=C(OCc3ccccc3C(F)(F)F)C=C2CC1. The Morgan fingerprint density at radius 3 is 2.57 bits per heavy atom. The second-order valence-corrected chi connectivity index (χ2v) is 9.31. The van der Waals surface area contributed by atoms with Crippen molar-refractivity contribution in [3.05, 3.63) is 70.1 Å². The molecule has 3 rings (SSSR count). The van der Waals surface area contributed by atoms with Crippen LogP contribution in [0.1, 0.15) is 44.2 Å². The third-order valence-corrected chi connectivity index (χ3v) is 6.60. The summed E-state index contributed by atoms with van der Waals surface area (Å²) in [6.07, 6.45) is 0.868. The lowest BCUT2D eigenvalue weighted by atomic mass is 9.99. The number of allylic oxidation sites excluding steroid dienone is 5. The van der Waals surface area contributed by atoms with E-state index in [-0.39, 0.29) is 12.2 Å². The minimum absolute atomic E-state index is 0.0763. The summed E-state index contributed by atoms with van der Waals surface area (Å²) in [5.74, 6) is 0.503. The van der Waals surface area contributed by atoms with Gasteiger partial charge in [0.05, 0.1) is 10.8 Å². The summed E-state index contributed by atoms with van der Waals surface area (Å²) in [7, 11) is -3.40. The van der Waals surface area contributed by atoms with Crippen LogP contribution >= 0.6 is 0 Å². The van der Waals surface area contributed by atoms with Crippen molar-refractivity contribution in [1.82, 2.24) is 4.72 Å². The van der Waals surface area contributed by atoms with Crippen LogP contribution in [0.5, 0.6) is 0 Å². The van der Waals surface area contributed by atoms with Crippen LogP contribution in [-0.4, -0.2) is 13.7 Å². The van der Waals surface area contributed by atoms with E-state index in [1.165, 1.54) is 12.1 Å². The highest BCUT2D eigenvalue weighted by atomic mass is 32.2. The van der Waals surface area contributed by atoms with Crippen LogP contribution in [-0.2, 0) is 27.5 Å². The molecule has 2 aliphatic rings. The molecule has 1 aromatic carbocycles. The maximum atomic E-state index is 13.1. The fraction of sp³-hybridized carbons (Fsp3) is 0.400. The van der Waals surface area contributed by atoms with Crippen LogP contribution < -0.4 is 4.72 Å². The number of halogens is 3. The van der Waals surface area contributed by atoms with E-state index in [9.17, 15) is 21.6 Å². The average Bonchev–Trinajstić information content (AvgIpc) is 3.01. The number of nitrogens with one attached hydrogen (secondary N) is 1. The standard InChI is InChI=1S/C20H22F3NO3S/c1-13(2)28(25,26)24-19-10-7-14-11-16(8-9-17(14)19)27-12-15-5-3-4-6-18(15)20(21,22)23/h3-6,8,11,13,24H,7,9-10,12H2,1-2H3. The van der Waals surface area contributed by atoms with E-state index in [0.717, 1.165) is 17.2 Å². The maximum Gasteiger partial charge on any atom is 0.416 e. The van der Waals surface area contributed by atoms with Gasteiger partial charge in [-0.25, -0.2) is 8.42 Å². The molecular formula is C20H22F3NO3S. The van der Waals surface area contributed by atoms with Gasteiger partial charge in [-0.1, -0.05) is 18.2 Å². The molecule has 1 aromatic rings. The van der Waals surface area contributed by atoms with Crippen molar-refractivity contribution in [2.75, 3.05) is 0 Å². The molecule has 0 heterocycles. The fourth-order valence-corrected chi connectivity index (χ4v) is 3.99. The smallest absolute Gasteiger partial charge is 0.416 e. The molecule has 0 amide bonds. The number of alkyl halides is 3. The predicted octanol–water partition coefficient (Wildman–Crippen LogP) is 4.81. The van der Waals surface area contributed by atoms with Gasteiger partial charge in [0.25, 0.3) is 0 Å². The van der Waals surface area contributed by atoms with Crippen molar-refractivity contribution in [2.24, 2.45) is 0 Å². The fourth-order valence-electron chi connectivity index (χ4n) is 3.19. The minimum Gasteiger partial charge on any atom is -0.489 e. The van der Waals surface area contributed by atoms with E-state index in [2.05, 4.69) is 4.72 Å². The summed E-state index contributed by atoms with van der Waals surface area (Å²) < 4.78 is 71.7. The maximum absolute atomic E-state index is 13.1. The van der Waals surface area contributed by atoms with Crippen molar-refractivity contribution in [3.63, 3.8) is 0 Å². The summed E-state index contributed by atoms with van der Waals surface area (Å²) in [6, 6.07) is 5.34. The zero-order chi connectivity index (χ0) is 20.5. The number of rotatable bonds is 6. The number of ether oxygens (including phenoxy) is 1. The molecule has 0 unspecified atom stereocenters. The van der Waals surface area contributed by atoms with Crippen molar-refractivity contribution < 1.29 is 26.3 Å². The van der Waals surface area contributed by atoms with Gasteiger partial charge in [0.15, 0.2) is 0 Å². The van der Waals surface area contributed by atoms with Crippen molar-refractivity contribution in [1.29, 1.82) is 0 Å². The van der Waals surface area contributed by atoms with Crippen molar-refractivity contribution >= 4 is 10.0 Å². The Kier molecular flexibility index (Phi) is 5.61. The average molecular weight is 413 g/mol. The third kappa shape index (κ3) is 4.43. The van der Waals surface area contributed by atoms with Gasteiger partial charge in [-0.3, -0.25) is 4.72 Å². The third-order valence-electron chi connectivity index (χ3n) is 4.82. The van der Waals surface area contributed by atoms with Crippen molar-refractivity contribution in [2.45, 2.75) is 51.1 Å². The first-order valence-corrected chi connectivity index (χ1v) is 10.5. The number of sulfonamides is 1. The Hall–Kier alpha value is -2.22. The highest BCUT2D eigenvalue weighted by Gasteiger charge is 2.33. The lowest BCUT2D eigenvalue weighted by Crippen LogP contribution is -2.30. The normalized spacial score (nSPS) is 17.4. The quantitative estimate of drug-likeness (QED) is 0.728. The molecule has 1 N–H and O–H groups in total. The van der Waals surface area contributed by atoms with E-state index in [1.54, 1.807) is 32.1 Å². The highest BCUT2D eigenvalue weighted by molar-refractivity contribution is 7.90. The molecule has 0 radical (unpaired) electrons. The molecule has 152 valence electrons. The molecule has 28 heavy (non-hydrogen) atoms. The van der Waals surface area contributed by atoms with E-state index < -0.39 is 27.0 Å². The summed E-state index contributed by atoms with van der Waals surface area (Å²) in [5, 5.41) is -0.527. The zero-order valence-corrected chi connectivity index (χ0v) is 16.5. The lowest BCUT2D eigenvalue weighted by Gasteiger charge is -2.18. The van der Waals surface area contributed by atoms with Gasteiger partial charge >= 0.3 is 6.18 Å². The minimum atomic E-state index is -4.43. The largest absolute Gasteiger partial charge is 0.489 e. The molecular weight excluding hydrogens is 391 g/mol. The summed E-state index contributed by atoms with van der Waals surface area (Å²) in [4.78, 5) is 0. The summed E-state index contributed by atoms with van der Waals surface area (Å²) in [5.41, 5.74) is 1.95. The Bertz CT molecular complexity index is 957. The Balaban J connectivity index is 1.71. The molecule has 0 saturated heterocycles. The van der Waals surface area contributed by atoms with Crippen LogP contribution in [0.3, 0.4) is 0 Å². The predicted molar refractivity (Wildman–Crippen MR) is 100 cm³/mol. The molecule has 0 bridgehead atoms. The van der Waals surface area contributed by atoms with Crippen molar-refractivity contribution in [3.8, 4) is 0 Å². The van der Waals surface area contributed by atoms with Gasteiger partial charge in [-0.2, -0.15) is 13.2 Å². The van der Waals surface area contributed by atoms with Crippen LogP contribution in [0.25, 0.3) is 0 Å². The van der Waals surface area contributed by atoms with Gasteiger partial charge in [-0.05, 0) is 62.5 Å². The van der Waals surface area contributed by atoms with Crippen LogP contribution in [0, 0.1) is 0 Å². The number of fused-ring (bicyclic) bond motifs is 1. The zero-order valence-electron chi connectivity index (χ0n) is 15.6. The summed E-state index contributed by atoms with van der Waals surface area (Å²) in [6.45, 7) is 3.05. The molecule has 0 aliphatic heterocycles. The Morgan fingerprint density at radius 2 is 1.89 bits per heavy atom. The Morgan fingerprint density at radius 1 is 1.18 bits per heavy atom. The van der Waals surface area contributed by atoms with Gasteiger partial charge < -0.3 is 4.74 Å². The molecule has 0 atom stereocenters. The van der Waals surface area contributed by atoms with E-state index in [0.29, 0.717) is 30.7 Å². The highest BCUT2D eigenvalue weighted by Crippen LogP contribution is 2.38. The number of hydrogen-bond donors (Lipinski definition) is 1. The summed E-state index contributed by atoms with van der Waals surface area (Å²) >= 11 is 0. The molecule has 0 aromatic heterocycles. The topological polar surface area (TPSA) is 55.4 Å². The monoisotopic (exact) mass is 413 g/mol. The first kappa shape index (κ1) is 20.5. The molecule has 4 nitrogen and oxygen atoms in total. The lowest BCUT2D eigenvalue weighted by molar-refractivity contribution is -0.138. The second kappa shape index (κ2) is 7.66. The first-order valence-electron chi connectivity index (χ1n) is 9.00. The van der Waals surface area contributed by atoms with E-state index in [1.807, 2.05) is 0 Å². The van der Waals surface area contributed by atoms with Gasteiger partial charge in [0, 0.05) is 11.3 Å². The first-order chi connectivity index (χ1) is 13.1. The van der Waals surface area contributed by atoms with Gasteiger partial charge in [-0.15, -0.1) is 0 Å². The number of hydrogen-bond acceptors (Lipinski definition) is 3. The molecule has 0 saturated carbocycles. The molecule has 0 fully saturated rings. The van der Waals surface area contributed by atoms with E-state index in [4.69, 9.17) is 4.74 Å². The van der Waals surface area contributed by atoms with E-state index >= 15 is 0 Å². The molecule has 2 aliphatic carbocycles. The van der Waals surface area contributed by atoms with Gasteiger partial charge in [0.1, 0.15) is 12.4 Å². The Labute approximate surface area is 162 Å². The molecule has 8 heteroatoms. The van der Waals surface area contributed by atoms with Crippen LogP contribution in [0.4, 0.5) is 13.2 Å².